The first-order valence-corrected chi connectivity index (χ1v) is 5.76. The van der Waals surface area contributed by atoms with E-state index in [1.54, 1.807) is 19.4 Å². The molecule has 0 saturated heterocycles. The van der Waals surface area contributed by atoms with Crippen molar-refractivity contribution >= 4 is 42.2 Å². The molecule has 1 heterocycles. The minimum atomic E-state index is -0.115. The number of halogens is 2. The summed E-state index contributed by atoms with van der Waals surface area (Å²) in [6.45, 7) is 1.49. The van der Waals surface area contributed by atoms with E-state index in [-0.39, 0.29) is 37.3 Å². The van der Waals surface area contributed by atoms with Gasteiger partial charge >= 0.3 is 0 Å². The Hall–Kier alpha value is -1.08. The maximum Gasteiger partial charge on any atom is 0.239 e. The Kier molecular flexibility index (Phi) is 12.4. The van der Waals surface area contributed by atoms with Crippen LogP contribution in [0.5, 0.6) is 0 Å². The lowest BCUT2D eigenvalue weighted by Crippen LogP contribution is -2.30. The van der Waals surface area contributed by atoms with Gasteiger partial charge in [-0.1, -0.05) is 0 Å². The van der Waals surface area contributed by atoms with E-state index < -0.39 is 0 Å². The normalized spacial score (nSPS) is 9.15. The number of amides is 1. The quantitative estimate of drug-likeness (QED) is 0.737. The van der Waals surface area contributed by atoms with Crippen LogP contribution in [0.15, 0.2) is 18.3 Å². The molecule has 0 bridgehead atoms. The number of pyridine rings is 1. The lowest BCUT2D eigenvalue weighted by atomic mass is 10.4. The first-order valence-electron chi connectivity index (χ1n) is 5.76. The van der Waals surface area contributed by atoms with E-state index in [2.05, 4.69) is 15.6 Å². The fourth-order valence-corrected chi connectivity index (χ4v) is 1.29. The summed E-state index contributed by atoms with van der Waals surface area (Å²) < 4.78 is 4.87. The predicted octanol–water partition coefficient (Wildman–Crippen LogP) is 1.17. The lowest BCUT2D eigenvalue weighted by Gasteiger charge is -2.12. The molecule has 0 radical (unpaired) electrons. The topological polar surface area (TPSA) is 66.5 Å². The molecular weight excluding hydrogens is 303 g/mol. The van der Waals surface area contributed by atoms with Gasteiger partial charge in [-0.2, -0.15) is 0 Å². The predicted molar refractivity (Wildman–Crippen MR) is 86.4 cm³/mol. The van der Waals surface area contributed by atoms with Crippen molar-refractivity contribution in [2.24, 2.45) is 0 Å². The van der Waals surface area contributed by atoms with E-state index in [1.165, 1.54) is 0 Å². The molecule has 0 atom stereocenters. The molecule has 1 amide bonds. The minimum Gasteiger partial charge on any atom is -0.383 e. The number of nitrogens with zero attached hydrogens (tertiary/aromatic N) is 2. The fourth-order valence-electron chi connectivity index (χ4n) is 1.29. The summed E-state index contributed by atoms with van der Waals surface area (Å²) in [6, 6.07) is 3.68. The molecule has 116 valence electrons. The van der Waals surface area contributed by atoms with Gasteiger partial charge < -0.3 is 20.3 Å². The summed E-state index contributed by atoms with van der Waals surface area (Å²) in [6.07, 6.45) is 1.72. The maximum atomic E-state index is 11.5. The van der Waals surface area contributed by atoms with Gasteiger partial charge in [0, 0.05) is 27.7 Å². The zero-order valence-electron chi connectivity index (χ0n) is 11.9. The van der Waals surface area contributed by atoms with Crippen LogP contribution < -0.4 is 15.5 Å². The molecule has 0 aromatic carbocycles. The van der Waals surface area contributed by atoms with Gasteiger partial charge in [0.2, 0.25) is 5.91 Å². The number of methoxy groups -OCH3 is 1. The smallest absolute Gasteiger partial charge is 0.239 e. The fraction of sp³-hybridized carbons (Fsp3) is 0.500. The summed E-state index contributed by atoms with van der Waals surface area (Å²) >= 11 is 0. The molecule has 1 rings (SSSR count). The Balaban J connectivity index is 0. The van der Waals surface area contributed by atoms with Crippen LogP contribution in [0.2, 0.25) is 0 Å². The van der Waals surface area contributed by atoms with Crippen LogP contribution in [0.3, 0.4) is 0 Å². The zero-order valence-corrected chi connectivity index (χ0v) is 13.5. The highest BCUT2D eigenvalue weighted by molar-refractivity contribution is 5.91. The summed E-state index contributed by atoms with van der Waals surface area (Å²) in [5, 5.41) is 5.68. The summed E-state index contributed by atoms with van der Waals surface area (Å²) in [4.78, 5) is 17.6. The van der Waals surface area contributed by atoms with Crippen molar-refractivity contribution in [3.8, 4) is 0 Å². The second kappa shape index (κ2) is 11.7. The summed E-state index contributed by atoms with van der Waals surface area (Å²) in [5.41, 5.74) is 0.992. The largest absolute Gasteiger partial charge is 0.383 e. The van der Waals surface area contributed by atoms with E-state index in [9.17, 15) is 4.79 Å². The number of nitrogens with one attached hydrogen (secondary N) is 2. The number of ether oxygens (including phenoxy) is 1. The van der Waals surface area contributed by atoms with Crippen molar-refractivity contribution in [1.29, 1.82) is 0 Å². The molecule has 0 spiro atoms. The van der Waals surface area contributed by atoms with Crippen LogP contribution in [0.4, 0.5) is 11.5 Å². The van der Waals surface area contributed by atoms with Crippen molar-refractivity contribution in [1.82, 2.24) is 10.3 Å². The van der Waals surface area contributed by atoms with Gasteiger partial charge in [0.15, 0.2) is 0 Å². The first kappa shape index (κ1) is 21.2. The average Bonchev–Trinajstić information content (AvgIpc) is 2.35. The maximum absolute atomic E-state index is 11.5. The SMILES string of the molecule is COCCNCC(=O)Nc1ccc(N(C)C)cn1.Cl.Cl. The number of anilines is 2. The molecule has 0 aliphatic rings. The third kappa shape index (κ3) is 8.16. The van der Waals surface area contributed by atoms with Crippen LogP contribution >= 0.6 is 24.8 Å². The first-order chi connectivity index (χ1) is 8.63. The molecule has 0 aliphatic carbocycles. The van der Waals surface area contributed by atoms with Gasteiger partial charge in [-0.15, -0.1) is 24.8 Å². The van der Waals surface area contributed by atoms with Gasteiger partial charge in [0.1, 0.15) is 5.82 Å². The Morgan fingerprint density at radius 3 is 2.55 bits per heavy atom. The molecule has 2 N–H and O–H groups in total. The minimum absolute atomic E-state index is 0. The third-order valence-corrected chi connectivity index (χ3v) is 2.30. The van der Waals surface area contributed by atoms with Gasteiger partial charge in [-0.05, 0) is 12.1 Å². The molecule has 20 heavy (non-hydrogen) atoms. The molecule has 1 aromatic rings. The van der Waals surface area contributed by atoms with Crippen LogP contribution in [-0.4, -0.2) is 51.8 Å². The zero-order chi connectivity index (χ0) is 13.4. The average molecular weight is 325 g/mol. The number of carbonyl (C=O) groups is 1. The van der Waals surface area contributed by atoms with E-state index in [4.69, 9.17) is 4.74 Å². The van der Waals surface area contributed by atoms with Gasteiger partial charge in [-0.3, -0.25) is 4.79 Å². The molecule has 8 heteroatoms. The third-order valence-electron chi connectivity index (χ3n) is 2.30. The molecule has 0 aliphatic heterocycles. The Morgan fingerprint density at radius 1 is 1.35 bits per heavy atom. The van der Waals surface area contributed by atoms with Crippen molar-refractivity contribution in [3.63, 3.8) is 0 Å². The second-order valence-electron chi connectivity index (χ2n) is 4.01. The number of aromatic nitrogens is 1. The van der Waals surface area contributed by atoms with Crippen LogP contribution in [0, 0.1) is 0 Å². The summed E-state index contributed by atoms with van der Waals surface area (Å²) in [7, 11) is 5.50. The van der Waals surface area contributed by atoms with Gasteiger partial charge in [-0.25, -0.2) is 4.98 Å². The van der Waals surface area contributed by atoms with Crippen LogP contribution in [-0.2, 0) is 9.53 Å². The Bertz CT molecular complexity index is 374. The van der Waals surface area contributed by atoms with E-state index in [0.717, 1.165) is 5.69 Å². The van der Waals surface area contributed by atoms with Crippen molar-refractivity contribution in [2.75, 3.05) is 51.1 Å². The molecule has 6 nitrogen and oxygen atoms in total. The molecule has 0 unspecified atom stereocenters. The Labute approximate surface area is 132 Å². The Morgan fingerprint density at radius 2 is 2.05 bits per heavy atom. The molecule has 1 aromatic heterocycles. The standard InChI is InChI=1S/C12H20N4O2.2ClH/c1-16(2)10-4-5-11(14-8-10)15-12(17)9-13-6-7-18-3;;/h4-5,8,13H,6-7,9H2,1-3H3,(H,14,15,17);2*1H. The van der Waals surface area contributed by atoms with Crippen LogP contribution in [0.1, 0.15) is 0 Å². The van der Waals surface area contributed by atoms with Gasteiger partial charge in [0.05, 0.1) is 25.0 Å². The van der Waals surface area contributed by atoms with Crippen molar-refractivity contribution < 1.29 is 9.53 Å². The van der Waals surface area contributed by atoms with Crippen LogP contribution in [0.25, 0.3) is 0 Å². The highest BCUT2D eigenvalue weighted by atomic mass is 35.5. The number of rotatable bonds is 7. The van der Waals surface area contributed by atoms with Crippen molar-refractivity contribution in [3.05, 3.63) is 18.3 Å². The lowest BCUT2D eigenvalue weighted by molar-refractivity contribution is -0.115. The van der Waals surface area contributed by atoms with E-state index in [0.29, 0.717) is 19.0 Å². The highest BCUT2D eigenvalue weighted by Gasteiger charge is 2.03. The molecule has 0 saturated carbocycles. The number of carbonyl (C=O) groups excluding carboxylic acids is 1. The van der Waals surface area contributed by atoms with Crippen molar-refractivity contribution in [2.45, 2.75) is 0 Å². The number of hydrogen-bond donors (Lipinski definition) is 2. The second-order valence-corrected chi connectivity index (χ2v) is 4.01. The number of hydrogen-bond acceptors (Lipinski definition) is 5. The monoisotopic (exact) mass is 324 g/mol. The summed E-state index contributed by atoms with van der Waals surface area (Å²) in [5.74, 6) is 0.440. The van der Waals surface area contributed by atoms with E-state index >= 15 is 0 Å². The molecular formula is C12H22Cl2N4O2. The van der Waals surface area contributed by atoms with E-state index in [1.807, 2.05) is 25.1 Å². The van der Waals surface area contributed by atoms with Gasteiger partial charge in [0.25, 0.3) is 0 Å². The molecule has 0 fully saturated rings. The highest BCUT2D eigenvalue weighted by Crippen LogP contribution is 2.11.